The lowest BCUT2D eigenvalue weighted by Gasteiger charge is -2.29. The fraction of sp³-hybridized carbons (Fsp3) is 0.600. The van der Waals surface area contributed by atoms with Crippen LogP contribution in [-0.4, -0.2) is 14.1 Å². The highest BCUT2D eigenvalue weighted by atomic mass is 15.1. The lowest BCUT2D eigenvalue weighted by molar-refractivity contribution is 0.385. The molecule has 0 bridgehead atoms. The lowest BCUT2D eigenvalue weighted by atomic mass is 9.84. The molecule has 94 valence electrons. The van der Waals surface area contributed by atoms with E-state index in [2.05, 4.69) is 43.3 Å². The summed E-state index contributed by atoms with van der Waals surface area (Å²) in [5.41, 5.74) is 9.09. The topological polar surface area (TPSA) is 29.3 Å². The Morgan fingerprint density at radius 3 is 2.29 bits per heavy atom. The van der Waals surface area contributed by atoms with Crippen molar-refractivity contribution in [2.75, 3.05) is 19.0 Å². The van der Waals surface area contributed by atoms with E-state index in [0.29, 0.717) is 0 Å². The summed E-state index contributed by atoms with van der Waals surface area (Å²) in [5, 5.41) is 0. The second-order valence-corrected chi connectivity index (χ2v) is 5.52. The molecular formula is C15H24N2. The van der Waals surface area contributed by atoms with Crippen LogP contribution in [0.15, 0.2) is 24.3 Å². The molecule has 2 nitrogen and oxygen atoms in total. The van der Waals surface area contributed by atoms with Gasteiger partial charge in [0, 0.05) is 25.3 Å². The third kappa shape index (κ3) is 2.81. The minimum Gasteiger partial charge on any atom is -0.378 e. The van der Waals surface area contributed by atoms with E-state index in [1.165, 1.54) is 36.9 Å². The van der Waals surface area contributed by atoms with Gasteiger partial charge in [-0.15, -0.1) is 0 Å². The number of nitrogens with two attached hydrogens (primary N) is 1. The van der Waals surface area contributed by atoms with E-state index >= 15 is 0 Å². The quantitative estimate of drug-likeness (QED) is 0.793. The Labute approximate surface area is 105 Å². The molecule has 1 saturated carbocycles. The standard InChI is InChI=1S/C15H24N2/c1-17(2)14-9-7-8-13(12-14)15(16)10-5-3-4-6-11-15/h7-9,12H,3-6,10-11,16H2,1-2H3. The average molecular weight is 232 g/mol. The Morgan fingerprint density at radius 1 is 1.06 bits per heavy atom. The van der Waals surface area contributed by atoms with E-state index in [9.17, 15) is 0 Å². The normalized spacial score (nSPS) is 19.7. The van der Waals surface area contributed by atoms with Gasteiger partial charge in [0.15, 0.2) is 0 Å². The molecule has 0 aliphatic heterocycles. The van der Waals surface area contributed by atoms with Crippen molar-refractivity contribution in [2.45, 2.75) is 44.1 Å². The number of hydrogen-bond acceptors (Lipinski definition) is 2. The van der Waals surface area contributed by atoms with Crippen molar-refractivity contribution in [1.82, 2.24) is 0 Å². The SMILES string of the molecule is CN(C)c1cccc(C2(N)CCCCCC2)c1. The fourth-order valence-corrected chi connectivity index (χ4v) is 2.74. The molecule has 0 amide bonds. The van der Waals surface area contributed by atoms with E-state index in [0.717, 1.165) is 12.8 Å². The summed E-state index contributed by atoms with van der Waals surface area (Å²) in [5.74, 6) is 0. The largest absolute Gasteiger partial charge is 0.378 e. The minimum absolute atomic E-state index is 0.0947. The third-order valence-corrected chi connectivity index (χ3v) is 3.93. The highest BCUT2D eigenvalue weighted by Crippen LogP contribution is 2.34. The van der Waals surface area contributed by atoms with Crippen molar-refractivity contribution in [2.24, 2.45) is 5.73 Å². The van der Waals surface area contributed by atoms with Crippen molar-refractivity contribution in [1.29, 1.82) is 0 Å². The van der Waals surface area contributed by atoms with Gasteiger partial charge in [-0.1, -0.05) is 37.8 Å². The summed E-state index contributed by atoms with van der Waals surface area (Å²) in [6.07, 6.45) is 7.47. The first-order valence-electron chi connectivity index (χ1n) is 6.69. The van der Waals surface area contributed by atoms with Gasteiger partial charge in [-0.25, -0.2) is 0 Å². The monoisotopic (exact) mass is 232 g/mol. The average Bonchev–Trinajstić information content (AvgIpc) is 2.55. The number of hydrogen-bond donors (Lipinski definition) is 1. The van der Waals surface area contributed by atoms with Gasteiger partial charge in [-0.05, 0) is 30.5 Å². The first kappa shape index (κ1) is 12.4. The zero-order valence-corrected chi connectivity index (χ0v) is 11.1. The van der Waals surface area contributed by atoms with Crippen LogP contribution in [0.5, 0.6) is 0 Å². The van der Waals surface area contributed by atoms with Gasteiger partial charge in [0.1, 0.15) is 0 Å². The zero-order valence-electron chi connectivity index (χ0n) is 11.1. The van der Waals surface area contributed by atoms with Crippen LogP contribution >= 0.6 is 0 Å². The van der Waals surface area contributed by atoms with Crippen LogP contribution in [0.1, 0.15) is 44.1 Å². The summed E-state index contributed by atoms with van der Waals surface area (Å²) >= 11 is 0. The van der Waals surface area contributed by atoms with Gasteiger partial charge >= 0.3 is 0 Å². The van der Waals surface area contributed by atoms with E-state index in [1.807, 2.05) is 0 Å². The summed E-state index contributed by atoms with van der Waals surface area (Å²) in [6.45, 7) is 0. The highest BCUT2D eigenvalue weighted by molar-refractivity contribution is 5.48. The second kappa shape index (κ2) is 5.09. The third-order valence-electron chi connectivity index (χ3n) is 3.93. The summed E-state index contributed by atoms with van der Waals surface area (Å²) in [4.78, 5) is 2.14. The molecule has 1 aliphatic carbocycles. The van der Waals surface area contributed by atoms with Crippen molar-refractivity contribution >= 4 is 5.69 Å². The van der Waals surface area contributed by atoms with Crippen LogP contribution in [0, 0.1) is 0 Å². The Kier molecular flexibility index (Phi) is 3.72. The molecule has 0 atom stereocenters. The molecule has 0 radical (unpaired) electrons. The lowest BCUT2D eigenvalue weighted by Crippen LogP contribution is -2.36. The van der Waals surface area contributed by atoms with Crippen molar-refractivity contribution in [3.63, 3.8) is 0 Å². The molecule has 0 unspecified atom stereocenters. The van der Waals surface area contributed by atoms with Gasteiger partial charge < -0.3 is 10.6 Å². The molecule has 2 N–H and O–H groups in total. The predicted molar refractivity (Wildman–Crippen MR) is 74.3 cm³/mol. The molecule has 0 spiro atoms. The molecular weight excluding hydrogens is 208 g/mol. The molecule has 17 heavy (non-hydrogen) atoms. The van der Waals surface area contributed by atoms with E-state index in [1.54, 1.807) is 0 Å². The van der Waals surface area contributed by atoms with Crippen molar-refractivity contribution in [3.8, 4) is 0 Å². The molecule has 2 rings (SSSR count). The summed E-state index contributed by atoms with van der Waals surface area (Å²) in [6, 6.07) is 8.72. The van der Waals surface area contributed by atoms with Crippen LogP contribution in [0.25, 0.3) is 0 Å². The first-order chi connectivity index (χ1) is 8.12. The van der Waals surface area contributed by atoms with Gasteiger partial charge in [0.25, 0.3) is 0 Å². The highest BCUT2D eigenvalue weighted by Gasteiger charge is 2.28. The molecule has 2 heteroatoms. The Hall–Kier alpha value is -1.02. The number of anilines is 1. The van der Waals surface area contributed by atoms with Crippen LogP contribution in [0.4, 0.5) is 5.69 Å². The smallest absolute Gasteiger partial charge is 0.0410 e. The first-order valence-corrected chi connectivity index (χ1v) is 6.69. The Balaban J connectivity index is 2.27. The number of rotatable bonds is 2. The molecule has 0 saturated heterocycles. The maximum Gasteiger partial charge on any atom is 0.0410 e. The zero-order chi connectivity index (χ0) is 12.3. The van der Waals surface area contributed by atoms with Crippen molar-refractivity contribution in [3.05, 3.63) is 29.8 Å². The fourth-order valence-electron chi connectivity index (χ4n) is 2.74. The number of nitrogens with zero attached hydrogens (tertiary/aromatic N) is 1. The van der Waals surface area contributed by atoms with Crippen LogP contribution in [-0.2, 0) is 5.54 Å². The number of benzene rings is 1. The van der Waals surface area contributed by atoms with Crippen molar-refractivity contribution < 1.29 is 0 Å². The van der Waals surface area contributed by atoms with Gasteiger partial charge in [0.05, 0.1) is 0 Å². The minimum atomic E-state index is -0.0947. The van der Waals surface area contributed by atoms with E-state index in [4.69, 9.17) is 5.73 Å². The van der Waals surface area contributed by atoms with Crippen LogP contribution < -0.4 is 10.6 Å². The molecule has 1 aliphatic rings. The Bertz CT molecular complexity index is 363. The van der Waals surface area contributed by atoms with E-state index in [-0.39, 0.29) is 5.54 Å². The van der Waals surface area contributed by atoms with Gasteiger partial charge in [0.2, 0.25) is 0 Å². The molecule has 1 aromatic rings. The maximum absolute atomic E-state index is 6.63. The Morgan fingerprint density at radius 2 is 1.71 bits per heavy atom. The van der Waals surface area contributed by atoms with Crippen LogP contribution in [0.3, 0.4) is 0 Å². The van der Waals surface area contributed by atoms with Gasteiger partial charge in [-0.2, -0.15) is 0 Å². The molecule has 0 aromatic heterocycles. The van der Waals surface area contributed by atoms with Gasteiger partial charge in [-0.3, -0.25) is 0 Å². The maximum atomic E-state index is 6.63. The van der Waals surface area contributed by atoms with Crippen LogP contribution in [0.2, 0.25) is 0 Å². The molecule has 0 heterocycles. The molecule has 1 aromatic carbocycles. The molecule has 1 fully saturated rings. The summed E-state index contributed by atoms with van der Waals surface area (Å²) < 4.78 is 0. The second-order valence-electron chi connectivity index (χ2n) is 5.52. The predicted octanol–water partition coefficient (Wildman–Crippen LogP) is 3.26. The van der Waals surface area contributed by atoms with E-state index < -0.39 is 0 Å². The summed E-state index contributed by atoms with van der Waals surface area (Å²) in [7, 11) is 4.16.